The van der Waals surface area contributed by atoms with E-state index in [1.54, 1.807) is 0 Å². The predicted molar refractivity (Wildman–Crippen MR) is 177 cm³/mol. The number of hydrogen-bond donors (Lipinski definition) is 4. The van der Waals surface area contributed by atoms with E-state index in [-0.39, 0.29) is 42.6 Å². The minimum absolute atomic E-state index is 0.00308. The number of unbranched alkanes of at least 4 members (excludes halogenated alkanes) is 11. The molecular weight excluding hydrogens is 572 g/mol. The van der Waals surface area contributed by atoms with Crippen molar-refractivity contribution < 1.29 is 39.4 Å². The fourth-order valence-electron chi connectivity index (χ4n) is 7.29. The molecule has 0 aliphatic carbocycles. The van der Waals surface area contributed by atoms with E-state index >= 15 is 0 Å². The number of ether oxygens (including phenoxy) is 3. The van der Waals surface area contributed by atoms with E-state index < -0.39 is 18.3 Å². The van der Waals surface area contributed by atoms with Crippen LogP contribution in [0.2, 0.25) is 0 Å². The van der Waals surface area contributed by atoms with Crippen LogP contribution in [-0.4, -0.2) is 81.3 Å². The molecule has 3 heterocycles. The van der Waals surface area contributed by atoms with Crippen LogP contribution in [0.15, 0.2) is 11.6 Å². The molecule has 2 fully saturated rings. The van der Waals surface area contributed by atoms with Gasteiger partial charge in [-0.2, -0.15) is 0 Å². The van der Waals surface area contributed by atoms with Gasteiger partial charge >= 0.3 is 5.97 Å². The summed E-state index contributed by atoms with van der Waals surface area (Å²) in [5.41, 5.74) is 0.610. The van der Waals surface area contributed by atoms with Crippen molar-refractivity contribution in [2.75, 3.05) is 0 Å². The number of cyclic esters (lactones) is 1. The molecular formula is C37H66O8. The van der Waals surface area contributed by atoms with Crippen LogP contribution in [0.25, 0.3) is 0 Å². The van der Waals surface area contributed by atoms with E-state index in [1.165, 1.54) is 44.9 Å². The zero-order valence-electron chi connectivity index (χ0n) is 28.5. The maximum Gasteiger partial charge on any atom is 0.334 e. The van der Waals surface area contributed by atoms with Crippen molar-refractivity contribution in [2.24, 2.45) is 0 Å². The molecule has 8 nitrogen and oxygen atoms in total. The first kappa shape index (κ1) is 38.4. The Morgan fingerprint density at radius 1 is 0.644 bits per heavy atom. The van der Waals surface area contributed by atoms with Gasteiger partial charge in [0.25, 0.3) is 0 Å². The van der Waals surface area contributed by atoms with Gasteiger partial charge in [0.05, 0.1) is 48.8 Å². The number of carbonyl (C=O) groups is 1. The van der Waals surface area contributed by atoms with Crippen LogP contribution in [0.4, 0.5) is 0 Å². The number of carbonyl (C=O) groups excluding carboxylic acids is 1. The number of hydrogen-bond acceptors (Lipinski definition) is 8. The lowest BCUT2D eigenvalue weighted by molar-refractivity contribution is -0.139. The van der Waals surface area contributed by atoms with Crippen molar-refractivity contribution in [3.63, 3.8) is 0 Å². The highest BCUT2D eigenvalue weighted by Gasteiger charge is 2.40. The van der Waals surface area contributed by atoms with Crippen LogP contribution < -0.4 is 0 Å². The fourth-order valence-corrected chi connectivity index (χ4v) is 7.29. The summed E-state index contributed by atoms with van der Waals surface area (Å²) >= 11 is 0. The van der Waals surface area contributed by atoms with E-state index in [4.69, 9.17) is 14.2 Å². The van der Waals surface area contributed by atoms with Crippen molar-refractivity contribution in [1.29, 1.82) is 0 Å². The minimum atomic E-state index is -0.544. The molecule has 4 N–H and O–H groups in total. The van der Waals surface area contributed by atoms with Crippen LogP contribution in [0.1, 0.15) is 162 Å². The van der Waals surface area contributed by atoms with E-state index in [0.29, 0.717) is 24.8 Å². The smallest absolute Gasteiger partial charge is 0.334 e. The Labute approximate surface area is 273 Å². The van der Waals surface area contributed by atoms with Gasteiger partial charge in [0.15, 0.2) is 0 Å². The molecule has 2 saturated heterocycles. The first-order chi connectivity index (χ1) is 21.8. The topological polar surface area (TPSA) is 126 Å². The summed E-state index contributed by atoms with van der Waals surface area (Å²) in [6.45, 7) is 4.04. The maximum absolute atomic E-state index is 11.7. The lowest BCUT2D eigenvalue weighted by Gasteiger charge is -2.24. The van der Waals surface area contributed by atoms with Crippen LogP contribution in [0.3, 0.4) is 0 Å². The van der Waals surface area contributed by atoms with Crippen molar-refractivity contribution in [2.45, 2.75) is 216 Å². The molecule has 0 unspecified atom stereocenters. The molecule has 0 spiro atoms. The zero-order chi connectivity index (χ0) is 32.4. The first-order valence-electron chi connectivity index (χ1n) is 18.7. The van der Waals surface area contributed by atoms with Gasteiger partial charge in [-0.15, -0.1) is 0 Å². The Bertz CT molecular complexity index is 833. The SMILES string of the molecule is CCCCCCC[C@H](O)CC[C@H](O)[C@H]1CC[C@H]([C@H]2CC[C@H]([C@@H](O)CCCCCCCCCC[C@@H](O)CC3=C[C@H](C)OC3=O)O2)O1. The Balaban J connectivity index is 1.15. The van der Waals surface area contributed by atoms with Crippen LogP contribution in [0, 0.1) is 0 Å². The zero-order valence-corrected chi connectivity index (χ0v) is 28.5. The van der Waals surface area contributed by atoms with Gasteiger partial charge in [0.1, 0.15) is 6.10 Å². The van der Waals surface area contributed by atoms with Gasteiger partial charge in [-0.05, 0) is 70.8 Å². The van der Waals surface area contributed by atoms with Crippen molar-refractivity contribution in [3.8, 4) is 0 Å². The fraction of sp³-hybridized carbons (Fsp3) is 0.919. The first-order valence-corrected chi connectivity index (χ1v) is 18.7. The van der Waals surface area contributed by atoms with Crippen LogP contribution >= 0.6 is 0 Å². The lowest BCUT2D eigenvalue weighted by atomic mass is 9.99. The summed E-state index contributed by atoms with van der Waals surface area (Å²) in [5, 5.41) is 41.9. The number of aliphatic hydroxyl groups is 4. The summed E-state index contributed by atoms with van der Waals surface area (Å²) in [6.07, 6.45) is 21.8. The van der Waals surface area contributed by atoms with Crippen molar-refractivity contribution >= 4 is 5.97 Å². The Hall–Kier alpha value is -1.03. The second kappa shape index (κ2) is 21.8. The Morgan fingerprint density at radius 3 is 1.67 bits per heavy atom. The molecule has 3 aliphatic rings. The summed E-state index contributed by atoms with van der Waals surface area (Å²) in [4.78, 5) is 11.7. The number of aliphatic hydroxyl groups excluding tert-OH is 4. The standard InChI is InChI=1S/C37H66O8/c1-3-4-5-10-13-16-29(38)19-20-32(41)34-22-24-36(45-34)35-23-21-33(44-35)31(40)18-15-12-9-7-6-8-11-14-17-30(39)26-28-25-27(2)43-37(28)42/h25,27,29-36,38-41H,3-24,26H2,1-2H3/t27-,29-,30+,31-,32-,33+,34+,35+,36+/m0/s1. The minimum Gasteiger partial charge on any atom is -0.455 e. The Kier molecular flexibility index (Phi) is 18.6. The molecule has 0 aromatic carbocycles. The van der Waals surface area contributed by atoms with E-state index in [1.807, 2.05) is 13.0 Å². The highest BCUT2D eigenvalue weighted by molar-refractivity contribution is 5.90. The summed E-state index contributed by atoms with van der Waals surface area (Å²) in [6, 6.07) is 0. The van der Waals surface area contributed by atoms with Gasteiger partial charge in [0.2, 0.25) is 0 Å². The quantitative estimate of drug-likeness (QED) is 0.0634. The van der Waals surface area contributed by atoms with Gasteiger partial charge in [-0.25, -0.2) is 4.79 Å². The average molecular weight is 639 g/mol. The van der Waals surface area contributed by atoms with Crippen molar-refractivity contribution in [3.05, 3.63) is 11.6 Å². The molecule has 0 amide bonds. The normalized spacial score (nSPS) is 27.8. The van der Waals surface area contributed by atoms with E-state index in [2.05, 4.69) is 6.92 Å². The van der Waals surface area contributed by atoms with Gasteiger partial charge in [-0.1, -0.05) is 90.4 Å². The highest BCUT2D eigenvalue weighted by atomic mass is 16.6. The lowest BCUT2D eigenvalue weighted by Crippen LogP contribution is -2.33. The molecule has 0 radical (unpaired) electrons. The molecule has 45 heavy (non-hydrogen) atoms. The van der Waals surface area contributed by atoms with Gasteiger partial charge < -0.3 is 34.6 Å². The molecule has 3 rings (SSSR count). The third-order valence-electron chi connectivity index (χ3n) is 10.1. The second-order valence-electron chi connectivity index (χ2n) is 14.2. The molecule has 9 atom stereocenters. The van der Waals surface area contributed by atoms with Crippen LogP contribution in [-0.2, 0) is 19.0 Å². The predicted octanol–water partition coefficient (Wildman–Crippen LogP) is 6.83. The molecule has 3 aliphatic heterocycles. The van der Waals surface area contributed by atoms with E-state index in [9.17, 15) is 25.2 Å². The molecule has 0 aromatic heterocycles. The molecule has 0 bridgehead atoms. The average Bonchev–Trinajstić information content (AvgIpc) is 3.77. The number of esters is 1. The Morgan fingerprint density at radius 2 is 1.13 bits per heavy atom. The highest BCUT2D eigenvalue weighted by Crippen LogP contribution is 2.34. The monoisotopic (exact) mass is 638 g/mol. The third-order valence-corrected chi connectivity index (χ3v) is 10.1. The van der Waals surface area contributed by atoms with Crippen molar-refractivity contribution in [1.82, 2.24) is 0 Å². The maximum atomic E-state index is 11.7. The largest absolute Gasteiger partial charge is 0.455 e. The summed E-state index contributed by atoms with van der Waals surface area (Å²) in [5.74, 6) is -0.287. The molecule has 0 aromatic rings. The summed E-state index contributed by atoms with van der Waals surface area (Å²) < 4.78 is 17.6. The van der Waals surface area contributed by atoms with E-state index in [0.717, 1.165) is 83.5 Å². The third kappa shape index (κ3) is 14.7. The molecule has 0 saturated carbocycles. The van der Waals surface area contributed by atoms with Gasteiger partial charge in [0, 0.05) is 12.0 Å². The molecule has 262 valence electrons. The van der Waals surface area contributed by atoms with Crippen LogP contribution in [0.5, 0.6) is 0 Å². The van der Waals surface area contributed by atoms with Gasteiger partial charge in [-0.3, -0.25) is 0 Å². The summed E-state index contributed by atoms with van der Waals surface area (Å²) in [7, 11) is 0. The second-order valence-corrected chi connectivity index (χ2v) is 14.2. The number of rotatable bonds is 25. The molecule has 8 heteroatoms.